The van der Waals surface area contributed by atoms with Crippen LogP contribution < -0.4 is 5.43 Å². The van der Waals surface area contributed by atoms with Crippen molar-refractivity contribution in [3.05, 3.63) is 28.2 Å². The van der Waals surface area contributed by atoms with Crippen LogP contribution in [0.15, 0.2) is 17.1 Å². The van der Waals surface area contributed by atoms with E-state index in [9.17, 15) is 10.0 Å². The second-order valence-electron chi connectivity index (χ2n) is 3.81. The molecule has 2 N–H and O–H groups in total. The summed E-state index contributed by atoms with van der Waals surface area (Å²) in [6.45, 7) is 1.98. The van der Waals surface area contributed by atoms with Gasteiger partial charge in [0.15, 0.2) is 5.75 Å². The highest BCUT2D eigenvalue weighted by Gasteiger charge is 2.41. The largest absolute Gasteiger partial charge is 0.503 e. The summed E-state index contributed by atoms with van der Waals surface area (Å²) >= 11 is 0. The lowest BCUT2D eigenvalue weighted by molar-refractivity contribution is 0.166. The third-order valence-electron chi connectivity index (χ3n) is 2.63. The maximum Gasteiger partial charge on any atom is 0.223 e. The van der Waals surface area contributed by atoms with Crippen LogP contribution in [0.5, 0.6) is 5.75 Å². The molecule has 1 fully saturated rings. The van der Waals surface area contributed by atoms with Crippen LogP contribution in [-0.4, -0.2) is 15.0 Å². The molecule has 0 radical (unpaired) electrons. The topological polar surface area (TPSA) is 62.5 Å². The number of aromatic nitrogens is 1. The fourth-order valence-electron chi connectivity index (χ4n) is 1.41. The van der Waals surface area contributed by atoms with Crippen LogP contribution in [0.2, 0.25) is 0 Å². The average molecular weight is 181 g/mol. The van der Waals surface area contributed by atoms with Crippen molar-refractivity contribution in [1.29, 1.82) is 0 Å². The predicted molar refractivity (Wildman–Crippen MR) is 46.1 cm³/mol. The Morgan fingerprint density at radius 2 is 2.15 bits per heavy atom. The van der Waals surface area contributed by atoms with E-state index in [1.54, 1.807) is 0 Å². The maximum absolute atomic E-state index is 11.1. The Balaban J connectivity index is 2.59. The van der Waals surface area contributed by atoms with Crippen LogP contribution in [0, 0.1) is 0 Å². The highest BCUT2D eigenvalue weighted by atomic mass is 16.5. The SMILES string of the molecule is CC1(c2cc(=O)c(O)cn2O)CC1. The second kappa shape index (κ2) is 2.28. The van der Waals surface area contributed by atoms with Gasteiger partial charge in [0, 0.05) is 11.5 Å². The minimum atomic E-state index is -0.437. The summed E-state index contributed by atoms with van der Waals surface area (Å²) in [4.78, 5) is 11.1. The van der Waals surface area contributed by atoms with Crippen LogP contribution in [0.25, 0.3) is 0 Å². The fourth-order valence-corrected chi connectivity index (χ4v) is 1.41. The first-order valence-corrected chi connectivity index (χ1v) is 4.18. The van der Waals surface area contributed by atoms with E-state index in [1.807, 2.05) is 6.92 Å². The van der Waals surface area contributed by atoms with Gasteiger partial charge in [0.05, 0.1) is 11.9 Å². The van der Waals surface area contributed by atoms with Crippen molar-refractivity contribution in [1.82, 2.24) is 4.73 Å². The summed E-state index contributed by atoms with van der Waals surface area (Å²) in [6, 6.07) is 1.29. The van der Waals surface area contributed by atoms with Gasteiger partial charge in [0.2, 0.25) is 5.43 Å². The van der Waals surface area contributed by atoms with Gasteiger partial charge < -0.3 is 10.3 Å². The number of hydrogen-bond donors (Lipinski definition) is 2. The van der Waals surface area contributed by atoms with Crippen molar-refractivity contribution < 1.29 is 10.3 Å². The maximum atomic E-state index is 11.1. The Kier molecular flexibility index (Phi) is 1.43. The van der Waals surface area contributed by atoms with E-state index in [0.717, 1.165) is 23.8 Å². The van der Waals surface area contributed by atoms with E-state index in [1.165, 1.54) is 6.07 Å². The van der Waals surface area contributed by atoms with Gasteiger partial charge in [-0.1, -0.05) is 6.92 Å². The molecule has 0 spiro atoms. The zero-order valence-electron chi connectivity index (χ0n) is 7.32. The summed E-state index contributed by atoms with van der Waals surface area (Å²) in [5.41, 5.74) is 0.0606. The molecule has 0 amide bonds. The average Bonchev–Trinajstić information content (AvgIpc) is 2.77. The number of pyridine rings is 1. The minimum Gasteiger partial charge on any atom is -0.503 e. The number of rotatable bonds is 1. The number of nitrogens with zero attached hydrogens (tertiary/aromatic N) is 1. The Labute approximate surface area is 75.0 Å². The van der Waals surface area contributed by atoms with Gasteiger partial charge in [-0.3, -0.25) is 4.79 Å². The molecule has 0 atom stereocenters. The van der Waals surface area contributed by atoms with E-state index < -0.39 is 11.2 Å². The quantitative estimate of drug-likeness (QED) is 0.631. The summed E-state index contributed by atoms with van der Waals surface area (Å²) in [7, 11) is 0. The van der Waals surface area contributed by atoms with Gasteiger partial charge in [-0.2, -0.15) is 4.73 Å². The van der Waals surface area contributed by atoms with Gasteiger partial charge in [0.25, 0.3) is 0 Å². The third kappa shape index (κ3) is 1.18. The second-order valence-corrected chi connectivity index (χ2v) is 3.81. The molecule has 4 heteroatoms. The summed E-state index contributed by atoms with van der Waals surface area (Å²) in [6.07, 6.45) is 2.98. The zero-order chi connectivity index (χ0) is 9.64. The van der Waals surface area contributed by atoms with Crippen molar-refractivity contribution >= 4 is 0 Å². The Morgan fingerprint density at radius 1 is 1.54 bits per heavy atom. The summed E-state index contributed by atoms with van der Waals surface area (Å²) in [5, 5.41) is 18.4. The molecule has 1 saturated carbocycles. The van der Waals surface area contributed by atoms with Crippen LogP contribution in [-0.2, 0) is 5.41 Å². The molecule has 4 nitrogen and oxygen atoms in total. The fraction of sp³-hybridized carbons (Fsp3) is 0.444. The highest BCUT2D eigenvalue weighted by Crippen LogP contribution is 2.46. The van der Waals surface area contributed by atoms with E-state index in [4.69, 9.17) is 5.11 Å². The molecular weight excluding hydrogens is 170 g/mol. The highest BCUT2D eigenvalue weighted by molar-refractivity contribution is 5.28. The van der Waals surface area contributed by atoms with Gasteiger partial charge >= 0.3 is 0 Å². The molecular formula is C9H11NO3. The molecule has 0 aliphatic heterocycles. The Bertz CT molecular complexity index is 404. The molecule has 0 saturated heterocycles. The van der Waals surface area contributed by atoms with Crippen LogP contribution >= 0.6 is 0 Å². The van der Waals surface area contributed by atoms with E-state index in [-0.39, 0.29) is 5.41 Å². The lowest BCUT2D eigenvalue weighted by atomic mass is 10.0. The number of hydrogen-bond acceptors (Lipinski definition) is 3. The first kappa shape index (κ1) is 8.16. The molecule has 70 valence electrons. The molecule has 0 bridgehead atoms. The van der Waals surface area contributed by atoms with Crippen LogP contribution in [0.4, 0.5) is 0 Å². The molecule has 1 aromatic rings. The molecule has 2 rings (SSSR count). The first-order valence-electron chi connectivity index (χ1n) is 4.18. The molecule has 1 aliphatic rings. The molecule has 0 aromatic carbocycles. The van der Waals surface area contributed by atoms with Gasteiger partial charge in [-0.15, -0.1) is 0 Å². The van der Waals surface area contributed by atoms with Crippen LogP contribution in [0.1, 0.15) is 25.5 Å². The van der Waals surface area contributed by atoms with Crippen molar-refractivity contribution in [3.63, 3.8) is 0 Å². The van der Waals surface area contributed by atoms with Crippen molar-refractivity contribution in [2.24, 2.45) is 0 Å². The molecule has 1 aliphatic carbocycles. The summed E-state index contributed by atoms with van der Waals surface area (Å²) < 4.78 is 0.837. The van der Waals surface area contributed by atoms with Crippen molar-refractivity contribution in [3.8, 4) is 5.75 Å². The minimum absolute atomic E-state index is 0.0817. The van der Waals surface area contributed by atoms with Gasteiger partial charge in [-0.05, 0) is 12.8 Å². The van der Waals surface area contributed by atoms with E-state index in [0.29, 0.717) is 5.69 Å². The van der Waals surface area contributed by atoms with E-state index >= 15 is 0 Å². The van der Waals surface area contributed by atoms with Crippen LogP contribution in [0.3, 0.4) is 0 Å². The number of aromatic hydroxyl groups is 1. The lowest BCUT2D eigenvalue weighted by Gasteiger charge is -2.12. The first-order chi connectivity index (χ1) is 6.03. The third-order valence-corrected chi connectivity index (χ3v) is 2.63. The Hall–Kier alpha value is -1.45. The molecule has 0 unspecified atom stereocenters. The molecule has 13 heavy (non-hydrogen) atoms. The molecule has 1 aromatic heterocycles. The smallest absolute Gasteiger partial charge is 0.223 e. The Morgan fingerprint density at radius 3 is 2.69 bits per heavy atom. The van der Waals surface area contributed by atoms with Crippen molar-refractivity contribution in [2.45, 2.75) is 25.2 Å². The van der Waals surface area contributed by atoms with Gasteiger partial charge in [0.1, 0.15) is 0 Å². The monoisotopic (exact) mass is 181 g/mol. The lowest BCUT2D eigenvalue weighted by Crippen LogP contribution is -2.16. The zero-order valence-corrected chi connectivity index (χ0v) is 7.32. The standard InChI is InChI=1S/C9H11NO3/c1-9(2-3-9)8-4-6(11)7(12)5-10(8)13/h4-5,12-13H,2-3H2,1H3. The normalized spacial score (nSPS) is 18.5. The summed E-state index contributed by atoms with van der Waals surface area (Å²) in [5.74, 6) is -0.421. The van der Waals surface area contributed by atoms with E-state index in [2.05, 4.69) is 0 Å². The van der Waals surface area contributed by atoms with Crippen molar-refractivity contribution in [2.75, 3.05) is 0 Å². The predicted octanol–water partition coefficient (Wildman–Crippen LogP) is 0.843. The van der Waals surface area contributed by atoms with Gasteiger partial charge in [-0.25, -0.2) is 0 Å². The molecule has 1 heterocycles.